The summed E-state index contributed by atoms with van der Waals surface area (Å²) in [5.41, 5.74) is -1.78. The summed E-state index contributed by atoms with van der Waals surface area (Å²) in [6.07, 6.45) is -19.6. The SMILES string of the molecule is CC(=O)Oc1ccc(-c2oc3cc(O[C@@H]4O[C@H](COC(=O)c5ccccc5)[C@@H](OC(=O)c5ccccc5)[C@H](OC(=O)c5ccccc5)[C@H]4OC(=O)c4ccccc4)cc(OC(C)=O)c3c(=O)c2O[C@@H]2O[C@H](COC(=O)c3ccccc3)[C@@H](OC(=O)c3ccccc3)[C@H](OC(=O)c3ccccc3)[C@H]2OC(=O)c2ccccc2)cc1. The molecule has 10 aromatic carbocycles. The van der Waals surface area contributed by atoms with Crippen molar-refractivity contribution >= 4 is 70.7 Å². The van der Waals surface area contributed by atoms with E-state index < -0.39 is 174 Å². The Hall–Kier alpha value is -14.4. The van der Waals surface area contributed by atoms with Gasteiger partial charge in [0.2, 0.25) is 36.0 Å². The molecule has 2 fully saturated rings. The van der Waals surface area contributed by atoms with E-state index in [-0.39, 0.29) is 55.8 Å². The molecule has 26 nitrogen and oxygen atoms in total. The van der Waals surface area contributed by atoms with E-state index in [1.807, 2.05) is 0 Å². The average molecular weight is 1530 g/mol. The van der Waals surface area contributed by atoms with Gasteiger partial charge < -0.3 is 70.7 Å². The number of esters is 10. The first-order valence-corrected chi connectivity index (χ1v) is 35.2. The van der Waals surface area contributed by atoms with Gasteiger partial charge in [0.25, 0.3) is 0 Å². The highest BCUT2D eigenvalue weighted by Gasteiger charge is 2.57. The maximum Gasteiger partial charge on any atom is 0.338 e. The lowest BCUT2D eigenvalue weighted by Crippen LogP contribution is -2.64. The lowest BCUT2D eigenvalue weighted by atomic mass is 9.97. The summed E-state index contributed by atoms with van der Waals surface area (Å²) in [7, 11) is 0. The summed E-state index contributed by atoms with van der Waals surface area (Å²) in [6, 6.07) is 68.4. The van der Waals surface area contributed by atoms with Crippen LogP contribution in [0.4, 0.5) is 0 Å². The van der Waals surface area contributed by atoms with Gasteiger partial charge in [-0.3, -0.25) is 14.4 Å². The second-order valence-corrected chi connectivity index (χ2v) is 25.3. The lowest BCUT2D eigenvalue weighted by Gasteiger charge is -2.44. The number of rotatable bonds is 25. The highest BCUT2D eigenvalue weighted by molar-refractivity contribution is 5.95. The molecule has 0 radical (unpaired) electrons. The molecule has 0 unspecified atom stereocenters. The molecule has 2 aliphatic rings. The molecule has 0 aliphatic carbocycles. The molecule has 1 aromatic heterocycles. The predicted molar refractivity (Wildman–Crippen MR) is 396 cm³/mol. The number of hydrogen-bond donors (Lipinski definition) is 0. The number of hydrogen-bond acceptors (Lipinski definition) is 26. The van der Waals surface area contributed by atoms with Gasteiger partial charge in [0, 0.05) is 31.5 Å². The predicted octanol–water partition coefficient (Wildman–Crippen LogP) is 12.6. The summed E-state index contributed by atoms with van der Waals surface area (Å²) in [5.74, 6) is -12.3. The molecular formula is C87H66O26. The van der Waals surface area contributed by atoms with Crippen LogP contribution >= 0.6 is 0 Å². The van der Waals surface area contributed by atoms with E-state index in [9.17, 15) is 47.9 Å². The summed E-state index contributed by atoms with van der Waals surface area (Å²) >= 11 is 0. The number of benzene rings is 10. The quantitative estimate of drug-likeness (QED) is 0.0291. The van der Waals surface area contributed by atoms with Crippen molar-refractivity contribution in [3.8, 4) is 34.3 Å². The van der Waals surface area contributed by atoms with Gasteiger partial charge in [-0.05, 0) is 121 Å². The van der Waals surface area contributed by atoms with Crippen LogP contribution in [0.1, 0.15) is 96.7 Å². The second-order valence-electron chi connectivity index (χ2n) is 25.3. The molecule has 0 spiro atoms. The van der Waals surface area contributed by atoms with Gasteiger partial charge in [-0.1, -0.05) is 146 Å². The number of carbonyl (C=O) groups is 10. The largest absolute Gasteiger partial charge is 0.460 e. The Morgan fingerprint density at radius 1 is 0.319 bits per heavy atom. The maximum atomic E-state index is 16.3. The minimum absolute atomic E-state index is 0.00297. The van der Waals surface area contributed by atoms with Gasteiger partial charge in [-0.2, -0.15) is 0 Å². The third-order valence-electron chi connectivity index (χ3n) is 17.5. The Morgan fingerprint density at radius 3 is 0.947 bits per heavy atom. The molecule has 2 aliphatic heterocycles. The van der Waals surface area contributed by atoms with Crippen LogP contribution in [0.2, 0.25) is 0 Å². The molecule has 3 heterocycles. The van der Waals surface area contributed by atoms with Crippen LogP contribution in [0.25, 0.3) is 22.3 Å². The number of carbonyl (C=O) groups excluding carboxylic acids is 10. The van der Waals surface area contributed by atoms with Crippen molar-refractivity contribution < 1.29 is 119 Å². The zero-order valence-corrected chi connectivity index (χ0v) is 59.9. The number of ether oxygens (including phenoxy) is 14. The van der Waals surface area contributed by atoms with Gasteiger partial charge in [-0.25, -0.2) is 38.4 Å². The van der Waals surface area contributed by atoms with Gasteiger partial charge in [0.05, 0.1) is 44.5 Å². The van der Waals surface area contributed by atoms with Crippen LogP contribution in [-0.2, 0) is 57.0 Å². The lowest BCUT2D eigenvalue weighted by molar-refractivity contribution is -0.275. The fraction of sp³-hybridized carbons (Fsp3) is 0.161. The molecular weight excluding hydrogens is 1460 g/mol. The third kappa shape index (κ3) is 18.9. The minimum Gasteiger partial charge on any atom is -0.460 e. The molecule has 13 rings (SSSR count). The Kier molecular flexibility index (Phi) is 24.3. The summed E-state index contributed by atoms with van der Waals surface area (Å²) in [6.45, 7) is 0.544. The fourth-order valence-corrected chi connectivity index (χ4v) is 12.2. The zero-order valence-electron chi connectivity index (χ0n) is 59.9. The maximum absolute atomic E-state index is 16.3. The molecule has 11 aromatic rings. The summed E-state index contributed by atoms with van der Waals surface area (Å²) in [5, 5.41) is -0.601. The van der Waals surface area contributed by atoms with E-state index in [1.165, 1.54) is 146 Å². The highest BCUT2D eigenvalue weighted by atomic mass is 16.8. The van der Waals surface area contributed by atoms with Crippen LogP contribution in [0.3, 0.4) is 0 Å². The van der Waals surface area contributed by atoms with E-state index in [0.717, 1.165) is 26.0 Å². The van der Waals surface area contributed by atoms with Crippen molar-refractivity contribution in [2.24, 2.45) is 0 Å². The first kappa shape index (κ1) is 76.8. The topological polar surface area (TPSA) is 330 Å². The monoisotopic (exact) mass is 1530 g/mol. The van der Waals surface area contributed by atoms with E-state index >= 15 is 4.79 Å². The molecule has 26 heteroatoms. The van der Waals surface area contributed by atoms with Crippen molar-refractivity contribution in [1.82, 2.24) is 0 Å². The van der Waals surface area contributed by atoms with E-state index in [4.69, 9.17) is 70.7 Å². The molecule has 2 saturated heterocycles. The van der Waals surface area contributed by atoms with Crippen LogP contribution in [0.15, 0.2) is 288 Å². The van der Waals surface area contributed by atoms with Gasteiger partial charge >= 0.3 is 59.7 Å². The normalized spacial score (nSPS) is 18.9. The van der Waals surface area contributed by atoms with Crippen LogP contribution in [-0.4, -0.2) is 134 Å². The third-order valence-corrected chi connectivity index (χ3v) is 17.5. The first-order chi connectivity index (χ1) is 54.9. The number of fused-ring (bicyclic) bond motifs is 1. The van der Waals surface area contributed by atoms with Crippen LogP contribution in [0, 0.1) is 0 Å². The summed E-state index contributed by atoms with van der Waals surface area (Å²) < 4.78 is 94.4. The second kappa shape index (κ2) is 35.8. The molecule has 570 valence electrons. The van der Waals surface area contributed by atoms with E-state index in [0.29, 0.717) is 0 Å². The van der Waals surface area contributed by atoms with Crippen LogP contribution in [0.5, 0.6) is 23.0 Å². The van der Waals surface area contributed by atoms with Crippen molar-refractivity contribution in [1.29, 1.82) is 0 Å². The Morgan fingerprint density at radius 2 is 0.619 bits per heavy atom. The van der Waals surface area contributed by atoms with Crippen molar-refractivity contribution in [2.45, 2.75) is 75.3 Å². The molecule has 0 N–H and O–H groups in total. The van der Waals surface area contributed by atoms with E-state index in [1.54, 1.807) is 121 Å². The highest BCUT2D eigenvalue weighted by Crippen LogP contribution is 2.42. The van der Waals surface area contributed by atoms with Crippen LogP contribution < -0.4 is 24.4 Å². The zero-order chi connectivity index (χ0) is 78.9. The molecule has 0 bridgehead atoms. The molecule has 113 heavy (non-hydrogen) atoms. The van der Waals surface area contributed by atoms with Gasteiger partial charge in [0.1, 0.15) is 53.6 Å². The van der Waals surface area contributed by atoms with E-state index in [2.05, 4.69) is 0 Å². The first-order valence-electron chi connectivity index (χ1n) is 35.2. The molecule has 10 atom stereocenters. The molecule has 0 amide bonds. The molecule has 0 saturated carbocycles. The Bertz CT molecular complexity index is 5310. The standard InChI is InChI=1S/C87H66O26/c1-51(88)101-62-45-43-53(44-46-62)70-73(113-87-77(112-85(98)61-41-25-10-26-42-61)75(110-83(96)59-37-21-8-22-38-59)72(108-81(94)57-33-17-6-18-34-57)67(106-87)50-100-79(92)55-29-13-4-14-30-55)69(90)68-64(102-52(2)89)47-63(48-65(68)104-70)103-86-76(111-84(97)60-39-23-9-24-40-60)74(109-82(95)58-35-19-7-20-36-58)71(107-80(93)56-31-15-5-16-32-56)66(105-86)49-99-78(91)54-27-11-3-12-28-54/h3-48,66-67,71-72,74-77,86-87H,49-50H2,1-2H3/t66-,67-,71-,72-,74+,75+,76-,77-,86-,87+/m1/s1. The Labute approximate surface area is 643 Å². The summed E-state index contributed by atoms with van der Waals surface area (Å²) in [4.78, 5) is 158. The smallest absolute Gasteiger partial charge is 0.338 e. The van der Waals surface area contributed by atoms with Gasteiger partial charge in [-0.15, -0.1) is 0 Å². The average Bonchev–Trinajstić information content (AvgIpc) is 0.758. The van der Waals surface area contributed by atoms with Crippen molar-refractivity contribution in [3.63, 3.8) is 0 Å². The minimum atomic E-state index is -2.24. The Balaban J connectivity index is 0.977. The van der Waals surface area contributed by atoms with Crippen molar-refractivity contribution in [2.75, 3.05) is 13.2 Å². The fourth-order valence-electron chi connectivity index (χ4n) is 12.2. The van der Waals surface area contributed by atoms with Crippen molar-refractivity contribution in [3.05, 3.63) is 334 Å². The van der Waals surface area contributed by atoms with Gasteiger partial charge in [0.15, 0.2) is 30.2 Å².